The summed E-state index contributed by atoms with van der Waals surface area (Å²) in [5.74, 6) is -0.852. The van der Waals surface area contributed by atoms with Gasteiger partial charge in [-0.05, 0) is 70.6 Å². The molecule has 0 aliphatic carbocycles. The van der Waals surface area contributed by atoms with Gasteiger partial charge in [-0.3, -0.25) is 14.4 Å². The maximum atomic E-state index is 12.9. The Hall–Kier alpha value is -2.11. The number of allylic oxidation sites excluding steroid dienone is 4. The van der Waals surface area contributed by atoms with Crippen LogP contribution in [0.1, 0.15) is 374 Å². The average Bonchev–Trinajstić information content (AvgIpc) is 3.40. The summed E-state index contributed by atoms with van der Waals surface area (Å²) in [5.41, 5.74) is 0. The number of ether oxygens (including phenoxy) is 3. The molecule has 0 heterocycles. The highest BCUT2D eigenvalue weighted by atomic mass is 16.6. The molecule has 74 heavy (non-hydrogen) atoms. The van der Waals surface area contributed by atoms with E-state index < -0.39 is 6.10 Å². The van der Waals surface area contributed by atoms with Crippen LogP contribution in [-0.2, 0) is 28.6 Å². The van der Waals surface area contributed by atoms with Crippen molar-refractivity contribution in [1.82, 2.24) is 0 Å². The molecule has 0 bridgehead atoms. The smallest absolute Gasteiger partial charge is 0.306 e. The minimum absolute atomic E-state index is 0.0689. The Morgan fingerprint density at radius 3 is 0.676 bits per heavy atom. The zero-order chi connectivity index (χ0) is 53.6. The van der Waals surface area contributed by atoms with Crippen LogP contribution in [0.2, 0.25) is 0 Å². The second-order valence-corrected chi connectivity index (χ2v) is 22.7. The van der Waals surface area contributed by atoms with E-state index in [1.807, 2.05) is 0 Å². The summed E-state index contributed by atoms with van der Waals surface area (Å²) >= 11 is 0. The summed E-state index contributed by atoms with van der Waals surface area (Å²) in [6, 6.07) is 0. The molecule has 0 aliphatic rings. The van der Waals surface area contributed by atoms with Crippen molar-refractivity contribution in [2.75, 3.05) is 13.2 Å². The topological polar surface area (TPSA) is 78.9 Å². The van der Waals surface area contributed by atoms with E-state index in [0.717, 1.165) is 64.2 Å². The number of esters is 3. The number of carbonyl (C=O) groups excluding carboxylic acids is 3. The molecule has 0 aromatic carbocycles. The Labute approximate surface area is 462 Å². The second-order valence-electron chi connectivity index (χ2n) is 22.7. The van der Waals surface area contributed by atoms with Gasteiger partial charge in [0.15, 0.2) is 6.10 Å². The zero-order valence-electron chi connectivity index (χ0n) is 50.1. The van der Waals surface area contributed by atoms with Gasteiger partial charge in [0, 0.05) is 19.3 Å². The monoisotopic (exact) mass is 1040 g/mol. The van der Waals surface area contributed by atoms with Crippen molar-refractivity contribution in [3.63, 3.8) is 0 Å². The van der Waals surface area contributed by atoms with Crippen molar-refractivity contribution < 1.29 is 28.6 Å². The van der Waals surface area contributed by atoms with E-state index in [0.29, 0.717) is 19.3 Å². The van der Waals surface area contributed by atoms with Crippen molar-refractivity contribution in [2.24, 2.45) is 0 Å². The van der Waals surface area contributed by atoms with Crippen LogP contribution >= 0.6 is 0 Å². The molecule has 0 aromatic rings. The third-order valence-electron chi connectivity index (χ3n) is 15.2. The minimum atomic E-state index is -0.771. The molecular weight excluding hydrogens is 913 g/mol. The van der Waals surface area contributed by atoms with E-state index in [9.17, 15) is 14.4 Å². The molecule has 0 N–H and O–H groups in total. The Morgan fingerprint density at radius 2 is 0.446 bits per heavy atom. The molecule has 0 rings (SSSR count). The Morgan fingerprint density at radius 1 is 0.257 bits per heavy atom. The summed E-state index contributed by atoms with van der Waals surface area (Å²) in [6.07, 6.45) is 76.3. The maximum Gasteiger partial charge on any atom is 0.306 e. The van der Waals surface area contributed by atoms with Gasteiger partial charge in [0.25, 0.3) is 0 Å². The van der Waals surface area contributed by atoms with Crippen LogP contribution in [0.15, 0.2) is 24.3 Å². The second kappa shape index (κ2) is 63.4. The van der Waals surface area contributed by atoms with Crippen molar-refractivity contribution >= 4 is 17.9 Å². The lowest BCUT2D eigenvalue weighted by atomic mass is 10.0. The highest BCUT2D eigenvalue weighted by Crippen LogP contribution is 2.18. The van der Waals surface area contributed by atoms with Crippen molar-refractivity contribution in [2.45, 2.75) is 380 Å². The van der Waals surface area contributed by atoms with Gasteiger partial charge in [0.2, 0.25) is 0 Å². The molecular formula is C68H128O6. The van der Waals surface area contributed by atoms with E-state index >= 15 is 0 Å². The average molecular weight is 1040 g/mol. The lowest BCUT2D eigenvalue weighted by molar-refractivity contribution is -0.167. The molecule has 6 nitrogen and oxygen atoms in total. The number of rotatable bonds is 62. The first-order valence-electron chi connectivity index (χ1n) is 33.3. The molecule has 436 valence electrons. The van der Waals surface area contributed by atoms with Crippen LogP contribution in [0.25, 0.3) is 0 Å². The Bertz CT molecular complexity index is 1190. The molecule has 0 fully saturated rings. The summed E-state index contributed by atoms with van der Waals surface area (Å²) in [6.45, 7) is 6.69. The Balaban J connectivity index is 4.13. The summed E-state index contributed by atoms with van der Waals surface area (Å²) in [5, 5.41) is 0. The fourth-order valence-corrected chi connectivity index (χ4v) is 10.1. The molecule has 0 saturated heterocycles. The van der Waals surface area contributed by atoms with Gasteiger partial charge in [-0.1, -0.05) is 308 Å². The van der Waals surface area contributed by atoms with Gasteiger partial charge in [-0.2, -0.15) is 0 Å². The first-order valence-corrected chi connectivity index (χ1v) is 33.3. The largest absolute Gasteiger partial charge is 0.462 e. The first kappa shape index (κ1) is 71.9. The van der Waals surface area contributed by atoms with E-state index in [4.69, 9.17) is 14.2 Å². The van der Waals surface area contributed by atoms with Crippen LogP contribution in [-0.4, -0.2) is 37.2 Å². The predicted molar refractivity (Wildman–Crippen MR) is 321 cm³/mol. The lowest BCUT2D eigenvalue weighted by Crippen LogP contribution is -2.30. The quantitative estimate of drug-likeness (QED) is 0.0261. The van der Waals surface area contributed by atoms with E-state index in [2.05, 4.69) is 45.1 Å². The van der Waals surface area contributed by atoms with Gasteiger partial charge in [0.05, 0.1) is 0 Å². The van der Waals surface area contributed by atoms with Crippen LogP contribution < -0.4 is 0 Å². The Kier molecular flexibility index (Phi) is 61.6. The normalized spacial score (nSPS) is 12.1. The molecule has 0 saturated carbocycles. The molecule has 0 spiro atoms. The number of unbranched alkanes of at least 4 members (excludes halogenated alkanes) is 47. The number of carbonyl (C=O) groups is 3. The third-order valence-corrected chi connectivity index (χ3v) is 15.2. The van der Waals surface area contributed by atoms with Gasteiger partial charge >= 0.3 is 17.9 Å². The van der Waals surface area contributed by atoms with Gasteiger partial charge in [-0.15, -0.1) is 0 Å². The fourth-order valence-electron chi connectivity index (χ4n) is 10.1. The minimum Gasteiger partial charge on any atom is -0.462 e. The molecule has 6 heteroatoms. The number of hydrogen-bond donors (Lipinski definition) is 0. The van der Waals surface area contributed by atoms with Gasteiger partial charge in [-0.25, -0.2) is 0 Å². The zero-order valence-corrected chi connectivity index (χ0v) is 50.1. The first-order chi connectivity index (χ1) is 36.5. The molecule has 0 aromatic heterocycles. The standard InChI is InChI=1S/C68H128O6/c1-4-7-10-13-16-19-22-25-27-28-29-30-31-32-33-34-35-36-37-38-39-40-42-43-46-49-52-55-58-61-67(70)73-64-65(63-72-66(69)60-57-54-51-48-45-24-21-18-15-12-9-6-3)74-68(71)62-59-56-53-50-47-44-41-26-23-20-17-14-11-8-5-2/h26,28-29,41,65H,4-25,27,30-40,42-64H2,1-3H3/b29-28-,41-26-. The van der Waals surface area contributed by atoms with E-state index in [-0.39, 0.29) is 31.1 Å². The van der Waals surface area contributed by atoms with Gasteiger partial charge < -0.3 is 14.2 Å². The summed E-state index contributed by atoms with van der Waals surface area (Å²) < 4.78 is 16.9. The summed E-state index contributed by atoms with van der Waals surface area (Å²) in [4.78, 5) is 38.2. The van der Waals surface area contributed by atoms with Gasteiger partial charge in [0.1, 0.15) is 13.2 Å². The third kappa shape index (κ3) is 60.8. The maximum absolute atomic E-state index is 12.9. The SMILES string of the molecule is CCCCCCCC/C=C\CCCCCCCC(=O)OC(COC(=O)CCCCCCCCCCCCCC)COC(=O)CCCCCCCCCCCCCCCCCCC/C=C\CCCCCCCCCC. The molecule has 1 atom stereocenters. The van der Waals surface area contributed by atoms with Crippen LogP contribution in [0.3, 0.4) is 0 Å². The number of hydrogen-bond acceptors (Lipinski definition) is 6. The highest BCUT2D eigenvalue weighted by Gasteiger charge is 2.19. The molecule has 0 amide bonds. The molecule has 0 radical (unpaired) electrons. The lowest BCUT2D eigenvalue weighted by Gasteiger charge is -2.18. The van der Waals surface area contributed by atoms with E-state index in [1.165, 1.54) is 270 Å². The van der Waals surface area contributed by atoms with Crippen LogP contribution in [0, 0.1) is 0 Å². The molecule has 1 unspecified atom stereocenters. The van der Waals surface area contributed by atoms with Crippen LogP contribution in [0.5, 0.6) is 0 Å². The van der Waals surface area contributed by atoms with Crippen molar-refractivity contribution in [3.8, 4) is 0 Å². The van der Waals surface area contributed by atoms with Crippen molar-refractivity contribution in [3.05, 3.63) is 24.3 Å². The highest BCUT2D eigenvalue weighted by molar-refractivity contribution is 5.71. The molecule has 0 aliphatic heterocycles. The van der Waals surface area contributed by atoms with Crippen molar-refractivity contribution in [1.29, 1.82) is 0 Å². The van der Waals surface area contributed by atoms with E-state index in [1.54, 1.807) is 0 Å². The fraction of sp³-hybridized carbons (Fsp3) is 0.897. The predicted octanol–water partition coefficient (Wildman–Crippen LogP) is 22.6. The van der Waals surface area contributed by atoms with Crippen LogP contribution in [0.4, 0.5) is 0 Å². The summed E-state index contributed by atoms with van der Waals surface area (Å²) in [7, 11) is 0.